The molecule has 0 spiro atoms. The van der Waals surface area contributed by atoms with Crippen LogP contribution in [0.3, 0.4) is 0 Å². The van der Waals surface area contributed by atoms with Crippen LogP contribution in [0.15, 0.2) is 10.3 Å². The number of nitrogens with zero attached hydrogens (tertiary/aromatic N) is 2. The molecule has 9 heteroatoms. The number of hydrogen-bond donors (Lipinski definition) is 1. The lowest BCUT2D eigenvalue weighted by Gasteiger charge is -2.22. The molecule has 1 heterocycles. The number of nitro groups is 1. The van der Waals surface area contributed by atoms with Gasteiger partial charge < -0.3 is 5.32 Å². The first-order valence-electron chi connectivity index (χ1n) is 6.88. The van der Waals surface area contributed by atoms with Crippen molar-refractivity contribution in [2.24, 2.45) is 0 Å². The van der Waals surface area contributed by atoms with Crippen LogP contribution in [-0.2, 0) is 10.0 Å². The van der Waals surface area contributed by atoms with Crippen molar-refractivity contribution in [1.82, 2.24) is 4.31 Å². The molecule has 21 heavy (non-hydrogen) atoms. The first-order chi connectivity index (χ1) is 9.87. The van der Waals surface area contributed by atoms with Gasteiger partial charge in [0.2, 0.25) is 0 Å². The quantitative estimate of drug-likeness (QED) is 0.638. The summed E-state index contributed by atoms with van der Waals surface area (Å²) in [7, 11) is -2.11. The van der Waals surface area contributed by atoms with Crippen LogP contribution in [0.25, 0.3) is 0 Å². The molecule has 1 saturated carbocycles. The minimum absolute atomic E-state index is 0.00117. The minimum atomic E-state index is -3.67. The summed E-state index contributed by atoms with van der Waals surface area (Å²) in [5, 5.41) is 14.2. The summed E-state index contributed by atoms with van der Waals surface area (Å²) in [6, 6.07) is 1.16. The molecule has 118 valence electrons. The number of anilines is 1. The van der Waals surface area contributed by atoms with Gasteiger partial charge >= 0.3 is 5.69 Å². The lowest BCUT2D eigenvalue weighted by atomic mass is 10.3. The SMILES string of the molecule is CCNc1sc(S(=O)(=O)N(C)C2CCCC2)cc1[N+](=O)[O-]. The molecule has 0 bridgehead atoms. The first-order valence-corrected chi connectivity index (χ1v) is 9.13. The molecular weight excluding hydrogens is 314 g/mol. The van der Waals surface area contributed by atoms with E-state index in [2.05, 4.69) is 5.32 Å². The fourth-order valence-corrected chi connectivity index (χ4v) is 5.51. The van der Waals surface area contributed by atoms with Gasteiger partial charge in [0, 0.05) is 25.7 Å². The van der Waals surface area contributed by atoms with Gasteiger partial charge in [-0.05, 0) is 19.8 Å². The third-order valence-corrected chi connectivity index (χ3v) is 7.14. The number of nitrogens with one attached hydrogen (secondary N) is 1. The molecule has 0 atom stereocenters. The normalized spacial score (nSPS) is 16.5. The first kappa shape index (κ1) is 16.2. The Morgan fingerprint density at radius 1 is 1.48 bits per heavy atom. The second-order valence-electron chi connectivity index (χ2n) is 5.03. The van der Waals surface area contributed by atoms with E-state index in [4.69, 9.17) is 0 Å². The Morgan fingerprint density at radius 3 is 2.62 bits per heavy atom. The minimum Gasteiger partial charge on any atom is -0.372 e. The molecular formula is C12H19N3O4S2. The van der Waals surface area contributed by atoms with Gasteiger partial charge in [-0.3, -0.25) is 10.1 Å². The van der Waals surface area contributed by atoms with E-state index < -0.39 is 14.9 Å². The molecule has 1 aliphatic carbocycles. The molecule has 0 amide bonds. The summed E-state index contributed by atoms with van der Waals surface area (Å²) in [5.74, 6) is 0. The third-order valence-electron chi connectivity index (χ3n) is 3.70. The highest BCUT2D eigenvalue weighted by Crippen LogP contribution is 2.39. The molecule has 0 aliphatic heterocycles. The zero-order valence-corrected chi connectivity index (χ0v) is 13.7. The van der Waals surface area contributed by atoms with E-state index in [1.807, 2.05) is 6.92 Å². The highest BCUT2D eigenvalue weighted by molar-refractivity contribution is 7.91. The van der Waals surface area contributed by atoms with E-state index in [0.717, 1.165) is 43.1 Å². The van der Waals surface area contributed by atoms with Gasteiger partial charge in [0.05, 0.1) is 4.92 Å². The topological polar surface area (TPSA) is 92.6 Å². The molecule has 0 radical (unpaired) electrons. The van der Waals surface area contributed by atoms with Crippen LogP contribution in [-0.4, -0.2) is 37.3 Å². The van der Waals surface area contributed by atoms with Crippen LogP contribution in [0, 0.1) is 10.1 Å². The van der Waals surface area contributed by atoms with E-state index in [9.17, 15) is 18.5 Å². The molecule has 1 N–H and O–H groups in total. The van der Waals surface area contributed by atoms with E-state index in [1.165, 1.54) is 4.31 Å². The number of thiophene rings is 1. The Balaban J connectivity index is 2.35. The lowest BCUT2D eigenvalue weighted by molar-refractivity contribution is -0.383. The van der Waals surface area contributed by atoms with Crippen molar-refractivity contribution in [3.63, 3.8) is 0 Å². The standard InChI is InChI=1S/C12H19N3O4S2/c1-3-13-12-10(15(16)17)8-11(20-12)21(18,19)14(2)9-6-4-5-7-9/h8-9,13H,3-7H2,1-2H3. The van der Waals surface area contributed by atoms with Crippen molar-refractivity contribution in [3.05, 3.63) is 16.2 Å². The fourth-order valence-electron chi connectivity index (χ4n) is 2.52. The number of hydrogen-bond acceptors (Lipinski definition) is 6. The van der Waals surface area contributed by atoms with E-state index in [0.29, 0.717) is 11.5 Å². The van der Waals surface area contributed by atoms with Gasteiger partial charge in [0.25, 0.3) is 10.0 Å². The van der Waals surface area contributed by atoms with Crippen LogP contribution >= 0.6 is 11.3 Å². The summed E-state index contributed by atoms with van der Waals surface area (Å²) in [4.78, 5) is 10.5. The van der Waals surface area contributed by atoms with Gasteiger partial charge in [-0.15, -0.1) is 0 Å². The highest BCUT2D eigenvalue weighted by Gasteiger charge is 2.33. The summed E-state index contributed by atoms with van der Waals surface area (Å²) in [6.45, 7) is 2.31. The van der Waals surface area contributed by atoms with Crippen molar-refractivity contribution < 1.29 is 13.3 Å². The average Bonchev–Trinajstić information content (AvgIpc) is 3.07. The second-order valence-corrected chi connectivity index (χ2v) is 8.30. The Hall–Kier alpha value is -1.19. The molecule has 2 rings (SSSR count). The predicted molar refractivity (Wildman–Crippen MR) is 82.3 cm³/mol. The smallest absolute Gasteiger partial charge is 0.304 e. The van der Waals surface area contributed by atoms with Crippen LogP contribution < -0.4 is 5.32 Å². The van der Waals surface area contributed by atoms with Crippen molar-refractivity contribution in [2.75, 3.05) is 18.9 Å². The maximum absolute atomic E-state index is 12.6. The van der Waals surface area contributed by atoms with Gasteiger partial charge in [-0.2, -0.15) is 4.31 Å². The third kappa shape index (κ3) is 3.19. The summed E-state index contributed by atoms with van der Waals surface area (Å²) in [6.07, 6.45) is 3.75. The van der Waals surface area contributed by atoms with Gasteiger partial charge in [-0.1, -0.05) is 24.2 Å². The van der Waals surface area contributed by atoms with Crippen molar-refractivity contribution in [2.45, 2.75) is 42.9 Å². The van der Waals surface area contributed by atoms with E-state index in [1.54, 1.807) is 7.05 Å². The largest absolute Gasteiger partial charge is 0.372 e. The number of sulfonamides is 1. The zero-order chi connectivity index (χ0) is 15.6. The van der Waals surface area contributed by atoms with Crippen molar-refractivity contribution in [3.8, 4) is 0 Å². The summed E-state index contributed by atoms with van der Waals surface area (Å²) >= 11 is 0.924. The van der Waals surface area contributed by atoms with Crippen LogP contribution in [0.4, 0.5) is 10.7 Å². The maximum atomic E-state index is 12.6. The van der Waals surface area contributed by atoms with Gasteiger partial charge in [0.1, 0.15) is 4.21 Å². The average molecular weight is 333 g/mol. The monoisotopic (exact) mass is 333 g/mol. The summed E-state index contributed by atoms with van der Waals surface area (Å²) in [5.41, 5.74) is -0.180. The maximum Gasteiger partial charge on any atom is 0.304 e. The second kappa shape index (κ2) is 6.29. The highest BCUT2D eigenvalue weighted by atomic mass is 32.2. The van der Waals surface area contributed by atoms with Crippen molar-refractivity contribution >= 4 is 32.0 Å². The van der Waals surface area contributed by atoms with Gasteiger partial charge in [-0.25, -0.2) is 8.42 Å². The molecule has 0 saturated heterocycles. The van der Waals surface area contributed by atoms with Crippen LogP contribution in [0.1, 0.15) is 32.6 Å². The molecule has 0 aromatic carbocycles. The van der Waals surface area contributed by atoms with Crippen molar-refractivity contribution in [1.29, 1.82) is 0 Å². The van der Waals surface area contributed by atoms with Crippen LogP contribution in [0.2, 0.25) is 0 Å². The Morgan fingerprint density at radius 2 is 2.10 bits per heavy atom. The number of rotatable bonds is 6. The molecule has 1 fully saturated rings. The molecule has 1 aromatic heterocycles. The van der Waals surface area contributed by atoms with Crippen LogP contribution in [0.5, 0.6) is 0 Å². The Bertz CT molecular complexity index is 620. The summed E-state index contributed by atoms with van der Waals surface area (Å²) < 4.78 is 26.6. The molecule has 1 aromatic rings. The molecule has 1 aliphatic rings. The zero-order valence-electron chi connectivity index (χ0n) is 12.0. The lowest BCUT2D eigenvalue weighted by Crippen LogP contribution is -2.34. The van der Waals surface area contributed by atoms with Gasteiger partial charge in [0.15, 0.2) is 5.00 Å². The predicted octanol–water partition coefficient (Wildman–Crippen LogP) is 2.65. The molecule has 0 unspecified atom stereocenters. The van der Waals surface area contributed by atoms with E-state index >= 15 is 0 Å². The van der Waals surface area contributed by atoms with E-state index in [-0.39, 0.29) is 15.9 Å². The molecule has 7 nitrogen and oxygen atoms in total. The fraction of sp³-hybridized carbons (Fsp3) is 0.667. The Kier molecular flexibility index (Phi) is 4.84. The Labute approximate surface area is 128 Å².